The summed E-state index contributed by atoms with van der Waals surface area (Å²) in [6, 6.07) is 121. The maximum atomic E-state index is 9.96. The number of alkyl halides is 1. The van der Waals surface area contributed by atoms with Gasteiger partial charge in [0.25, 0.3) is 0 Å². The zero-order chi connectivity index (χ0) is 71.7. The third-order valence-corrected chi connectivity index (χ3v) is 21.9. The summed E-state index contributed by atoms with van der Waals surface area (Å²) in [6.07, 6.45) is 0. The van der Waals surface area contributed by atoms with E-state index in [1.807, 2.05) is 30.3 Å². The number of hydrogen-bond acceptors (Lipinski definition) is 4. The highest BCUT2D eigenvalue weighted by atomic mass is 35.5. The smallest absolute Gasteiger partial charge is 0.235 e. The molecule has 0 radical (unpaired) electrons. The molecule has 16 aromatic carbocycles. The number of rotatable bonds is 5. The van der Waals surface area contributed by atoms with Crippen LogP contribution in [0.4, 0.5) is 4.39 Å². The van der Waals surface area contributed by atoms with Gasteiger partial charge in [0.1, 0.15) is 0 Å². The van der Waals surface area contributed by atoms with Crippen LogP contribution in [0.3, 0.4) is 0 Å². The molecule has 6 heterocycles. The van der Waals surface area contributed by atoms with Crippen LogP contribution in [0.2, 0.25) is 5.28 Å². The fourth-order valence-corrected chi connectivity index (χ4v) is 17.5. The predicted molar refractivity (Wildman–Crippen MR) is 445 cm³/mol. The Hall–Kier alpha value is -13.9. The molecule has 0 bridgehead atoms. The number of hydrogen-bond donors (Lipinski definition) is 1. The largest absolute Gasteiger partial charge is 0.354 e. The van der Waals surface area contributed by atoms with Gasteiger partial charge < -0.3 is 14.1 Å². The Kier molecular flexibility index (Phi) is 14.0. The Bertz CT molecular complexity index is 7440. The molecule has 0 atom stereocenters. The van der Waals surface area contributed by atoms with E-state index >= 15 is 0 Å². The molecule has 0 unspecified atom stereocenters. The molecular weight excluding hydrogens is 1330 g/mol. The molecule has 1 N–H and O–H groups in total. The Labute approximate surface area is 619 Å². The highest BCUT2D eigenvalue weighted by Gasteiger charge is 2.28. The number of benzene rings is 16. The average Bonchev–Trinajstić information content (AvgIpc) is 1.54. The first-order chi connectivity index (χ1) is 53.4. The Morgan fingerprint density at radius 3 is 1.26 bits per heavy atom. The van der Waals surface area contributed by atoms with Crippen molar-refractivity contribution in [3.63, 3.8) is 0 Å². The maximum Gasteiger partial charge on any atom is 0.235 e. The fraction of sp³-hybridized carbons (Fsp3) is 0.0103. The number of fused-ring (bicyclic) bond motifs is 14. The van der Waals surface area contributed by atoms with Crippen LogP contribution in [-0.2, 0) is 0 Å². The van der Waals surface area contributed by atoms with Crippen LogP contribution in [0.1, 0.15) is 1.37 Å². The highest BCUT2D eigenvalue weighted by Crippen LogP contribution is 2.51. The lowest BCUT2D eigenvalue weighted by molar-refractivity contribution is 0.636. The molecule has 0 amide bonds. The van der Waals surface area contributed by atoms with Crippen LogP contribution in [0.15, 0.2) is 340 Å². The molecule has 24 rings (SSSR count). The molecule has 0 aliphatic heterocycles. The number of H-pyrrole nitrogens is 1. The third-order valence-electron chi connectivity index (χ3n) is 21.7. The summed E-state index contributed by atoms with van der Waals surface area (Å²) in [5.41, 5.74) is 27.5. The van der Waals surface area contributed by atoms with Crippen LogP contribution in [0.5, 0.6) is 0 Å². The zero-order valence-corrected chi connectivity index (χ0v) is 58.2. The van der Waals surface area contributed by atoms with E-state index in [0.717, 1.165) is 77.8 Å². The molecule has 8 nitrogen and oxygen atoms in total. The summed E-state index contributed by atoms with van der Waals surface area (Å²) in [6.45, 7) is 0. The van der Waals surface area contributed by atoms with Gasteiger partial charge in [-0.25, -0.2) is 19.9 Å². The average molecular weight is 1390 g/mol. The standard InChI is InChI=1S/C48H28N4.C26H16ClN3.C22H13N.CH3F/c1-2-13-31(14-3-1)51-40-22-9-7-17-34(40)35-26-24-30(28-43(35)51)47-38-18-6-8-21-39(38)49-48(50-47)52-41-23-11-20-37-33-16-5-4-15-32(33)36-19-10-12-29-25-27-42(52)46(44(29)36)45(37)41;27-26-28-22-12-6-4-11-21(22)25(29-26)17-14-15-20-19-10-5-7-13-23(19)30(24(20)16-17)18-8-2-1-3-9-18;1-2-7-15-14(6-1)16-8-3-5-13-11-12-19-22(20(13)16)21-17(15)9-4-10-18(21)23-19;1-2/h1-28H;1-16H;1-12,23H;1H3/i;;;1D. The lowest BCUT2D eigenvalue weighted by atomic mass is 9.93. The number of para-hydroxylation sites is 6. The minimum atomic E-state index is -1.00. The first-order valence-electron chi connectivity index (χ1n) is 36.5. The molecule has 10 heteroatoms. The lowest BCUT2D eigenvalue weighted by Crippen LogP contribution is -2.03. The van der Waals surface area contributed by atoms with Gasteiger partial charge in [-0.15, -0.1) is 0 Å². The van der Waals surface area contributed by atoms with Gasteiger partial charge in [-0.2, -0.15) is 0 Å². The molecule has 0 fully saturated rings. The summed E-state index contributed by atoms with van der Waals surface area (Å²) < 4.78 is 22.5. The van der Waals surface area contributed by atoms with E-state index in [9.17, 15) is 4.39 Å². The van der Waals surface area contributed by atoms with E-state index in [2.05, 4.69) is 338 Å². The van der Waals surface area contributed by atoms with Crippen molar-refractivity contribution in [3.8, 4) is 84.3 Å². The minimum absolute atomic E-state index is 0.257. The second-order valence-corrected chi connectivity index (χ2v) is 27.7. The van der Waals surface area contributed by atoms with Crippen LogP contribution >= 0.6 is 11.6 Å². The van der Waals surface area contributed by atoms with Crippen LogP contribution in [-0.4, -0.2) is 45.8 Å². The fourth-order valence-electron chi connectivity index (χ4n) is 17.4. The van der Waals surface area contributed by atoms with Gasteiger partial charge in [-0.1, -0.05) is 255 Å². The number of nitrogens with one attached hydrogen (secondary N) is 1. The third kappa shape index (κ3) is 9.54. The van der Waals surface area contributed by atoms with Gasteiger partial charge >= 0.3 is 0 Å². The Balaban J connectivity index is 0.000000112. The lowest BCUT2D eigenvalue weighted by Gasteiger charge is -2.14. The number of aromatic amines is 1. The highest BCUT2D eigenvalue weighted by molar-refractivity contribution is 6.32. The van der Waals surface area contributed by atoms with E-state index in [1.54, 1.807) is 0 Å². The Morgan fingerprint density at radius 2 is 0.692 bits per heavy atom. The van der Waals surface area contributed by atoms with Crippen molar-refractivity contribution in [2.24, 2.45) is 0 Å². The topological polar surface area (TPSA) is 82.1 Å². The quantitative estimate of drug-likeness (QED) is 0.174. The predicted octanol–water partition coefficient (Wildman–Crippen LogP) is 26.0. The number of nitrogens with zero attached hydrogens (tertiary/aromatic N) is 7. The van der Waals surface area contributed by atoms with Crippen molar-refractivity contribution in [3.05, 3.63) is 345 Å². The summed E-state index contributed by atoms with van der Waals surface area (Å²) >= 11 is 6.26. The SMILES string of the molecule is Clc1nc(-c2ccc3c4ccccc4n(-c4ccccc4)c3c2)c2ccccc2n1.[2H]CF.c1ccc(-n2c3ccccc3c3ccc(-c4nc(-n5c6cccc7c6c6c8c(cccc8ccc65)-c5ccccc5-7)nc5ccccc45)cc32)cc1.c1ccc2c(c1)-c1cccc3ccc4[nH]c5cccc-2c5c4c13. The molecule has 0 spiro atoms. The zero-order valence-electron chi connectivity index (χ0n) is 58.4. The molecule has 2 aliphatic rings. The molecule has 2 aliphatic carbocycles. The van der Waals surface area contributed by atoms with Crippen LogP contribution < -0.4 is 0 Å². The van der Waals surface area contributed by atoms with E-state index in [0.29, 0.717) is 5.95 Å². The van der Waals surface area contributed by atoms with Gasteiger partial charge in [-0.3, -0.25) is 8.96 Å². The molecule has 0 saturated heterocycles. The number of aromatic nitrogens is 8. The van der Waals surface area contributed by atoms with Gasteiger partial charge in [0.2, 0.25) is 11.2 Å². The van der Waals surface area contributed by atoms with Crippen molar-refractivity contribution in [2.45, 2.75) is 0 Å². The van der Waals surface area contributed by atoms with Crippen LogP contribution in [0.25, 0.3) is 215 Å². The Morgan fingerprint density at radius 1 is 0.290 bits per heavy atom. The monoisotopic (exact) mass is 1390 g/mol. The van der Waals surface area contributed by atoms with Gasteiger partial charge in [0.05, 0.1) is 64.0 Å². The van der Waals surface area contributed by atoms with Crippen molar-refractivity contribution in [1.82, 2.24) is 38.6 Å². The normalized spacial score (nSPS) is 12.0. The van der Waals surface area contributed by atoms with Crippen molar-refractivity contribution in [2.75, 3.05) is 7.15 Å². The summed E-state index contributed by atoms with van der Waals surface area (Å²) in [7, 11) is -1.00. The number of halogens is 2. The van der Waals surface area contributed by atoms with Gasteiger partial charge in [-0.05, 0) is 163 Å². The molecule has 502 valence electrons. The first-order valence-corrected chi connectivity index (χ1v) is 36.2. The molecule has 6 aromatic heterocycles. The van der Waals surface area contributed by atoms with Gasteiger partial charge in [0, 0.05) is 87.4 Å². The van der Waals surface area contributed by atoms with E-state index in [4.69, 9.17) is 22.9 Å². The summed E-state index contributed by atoms with van der Waals surface area (Å²) in [5, 5.41) is 17.6. The van der Waals surface area contributed by atoms with Crippen LogP contribution in [0, 0.1) is 0 Å². The second-order valence-electron chi connectivity index (χ2n) is 27.3. The summed E-state index contributed by atoms with van der Waals surface area (Å²) in [4.78, 5) is 23.4. The molecule has 107 heavy (non-hydrogen) atoms. The van der Waals surface area contributed by atoms with Crippen molar-refractivity contribution < 1.29 is 5.76 Å². The van der Waals surface area contributed by atoms with Gasteiger partial charge in [0.15, 0.2) is 0 Å². The summed E-state index contributed by atoms with van der Waals surface area (Å²) in [5.74, 6) is 0.667. The maximum absolute atomic E-state index is 9.96. The molecular formula is C97H60ClFN8. The van der Waals surface area contributed by atoms with Crippen molar-refractivity contribution >= 4 is 142 Å². The van der Waals surface area contributed by atoms with E-state index in [1.165, 1.54) is 131 Å². The van der Waals surface area contributed by atoms with E-state index in [-0.39, 0.29) is 5.28 Å². The molecule has 0 saturated carbocycles. The second kappa shape index (κ2) is 24.7. The molecule has 22 aromatic rings. The van der Waals surface area contributed by atoms with Crippen molar-refractivity contribution in [1.29, 1.82) is 0 Å². The van der Waals surface area contributed by atoms with E-state index < -0.39 is 7.15 Å². The minimum Gasteiger partial charge on any atom is -0.354 e. The first kappa shape index (κ1) is 60.7.